The van der Waals surface area contributed by atoms with E-state index in [1.54, 1.807) is 0 Å². The van der Waals surface area contributed by atoms with Crippen molar-refractivity contribution in [2.45, 2.75) is 52.4 Å². The van der Waals surface area contributed by atoms with E-state index in [9.17, 15) is 5.11 Å². The lowest BCUT2D eigenvalue weighted by molar-refractivity contribution is -0.157. The minimum atomic E-state index is -0.196. The highest BCUT2D eigenvalue weighted by Crippen LogP contribution is 2.30. The van der Waals surface area contributed by atoms with Crippen molar-refractivity contribution in [2.75, 3.05) is 0 Å². The van der Waals surface area contributed by atoms with Crippen LogP contribution in [0.5, 0.6) is 0 Å². The number of aliphatic hydroxyl groups excluding tert-OH is 1. The summed E-state index contributed by atoms with van der Waals surface area (Å²) in [6.07, 6.45) is 1.24. The summed E-state index contributed by atoms with van der Waals surface area (Å²) < 4.78 is 5.77. The Bertz CT molecular complexity index is 142. The molecule has 2 nitrogen and oxygen atoms in total. The number of aliphatic hydroxyl groups is 1. The Balaban J connectivity index is 2.63. The van der Waals surface area contributed by atoms with Gasteiger partial charge in [-0.1, -0.05) is 20.8 Å². The standard InChI is InChI=1S/C10H20O2/c1-5-9-7(3)10(11)6(2)8(4)12-9/h6-11H,5H2,1-4H3/t6?,7-,8?,9?,10?/m0/s1. The monoisotopic (exact) mass is 172 g/mol. The third-order valence-electron chi connectivity index (χ3n) is 3.20. The van der Waals surface area contributed by atoms with Crippen LogP contribution in [0.25, 0.3) is 0 Å². The summed E-state index contributed by atoms with van der Waals surface area (Å²) in [6, 6.07) is 0. The lowest BCUT2D eigenvalue weighted by atomic mass is 9.82. The second-order valence-corrected chi connectivity index (χ2v) is 4.00. The van der Waals surface area contributed by atoms with E-state index in [0.717, 1.165) is 6.42 Å². The second-order valence-electron chi connectivity index (χ2n) is 4.00. The number of hydrogen-bond acceptors (Lipinski definition) is 2. The first-order valence-electron chi connectivity index (χ1n) is 4.91. The van der Waals surface area contributed by atoms with Gasteiger partial charge in [0.15, 0.2) is 0 Å². The minimum absolute atomic E-state index is 0.196. The van der Waals surface area contributed by atoms with Gasteiger partial charge in [0.25, 0.3) is 0 Å². The number of rotatable bonds is 1. The summed E-state index contributed by atoms with van der Waals surface area (Å²) in [4.78, 5) is 0. The molecule has 1 aliphatic heterocycles. The maximum atomic E-state index is 9.84. The fraction of sp³-hybridized carbons (Fsp3) is 1.00. The van der Waals surface area contributed by atoms with Crippen molar-refractivity contribution in [2.24, 2.45) is 11.8 Å². The Morgan fingerprint density at radius 2 is 1.75 bits per heavy atom. The minimum Gasteiger partial charge on any atom is -0.392 e. The van der Waals surface area contributed by atoms with E-state index >= 15 is 0 Å². The van der Waals surface area contributed by atoms with E-state index < -0.39 is 0 Å². The van der Waals surface area contributed by atoms with Crippen molar-refractivity contribution < 1.29 is 9.84 Å². The SMILES string of the molecule is CCC1OC(C)C(C)C(O)[C@H]1C. The molecule has 1 rings (SSSR count). The number of hydrogen-bond donors (Lipinski definition) is 1. The summed E-state index contributed by atoms with van der Waals surface area (Å²) in [5.41, 5.74) is 0. The number of ether oxygens (including phenoxy) is 1. The van der Waals surface area contributed by atoms with E-state index in [-0.39, 0.29) is 30.1 Å². The largest absolute Gasteiger partial charge is 0.392 e. The van der Waals surface area contributed by atoms with Gasteiger partial charge >= 0.3 is 0 Å². The Morgan fingerprint density at radius 1 is 1.17 bits per heavy atom. The smallest absolute Gasteiger partial charge is 0.0640 e. The summed E-state index contributed by atoms with van der Waals surface area (Å²) in [7, 11) is 0. The van der Waals surface area contributed by atoms with Crippen LogP contribution in [0.1, 0.15) is 34.1 Å². The first-order chi connectivity index (χ1) is 5.57. The Kier molecular flexibility index (Phi) is 3.13. The molecule has 0 spiro atoms. The molecule has 4 unspecified atom stereocenters. The molecular formula is C10H20O2. The van der Waals surface area contributed by atoms with Crippen molar-refractivity contribution in [1.82, 2.24) is 0 Å². The zero-order chi connectivity index (χ0) is 9.30. The van der Waals surface area contributed by atoms with Gasteiger partial charge < -0.3 is 9.84 Å². The topological polar surface area (TPSA) is 29.5 Å². The van der Waals surface area contributed by atoms with Crippen molar-refractivity contribution in [1.29, 1.82) is 0 Å². The molecular weight excluding hydrogens is 152 g/mol. The molecule has 0 saturated carbocycles. The fourth-order valence-electron chi connectivity index (χ4n) is 1.97. The highest BCUT2D eigenvalue weighted by Gasteiger charge is 2.37. The third kappa shape index (κ3) is 1.64. The zero-order valence-electron chi connectivity index (χ0n) is 8.45. The molecule has 1 fully saturated rings. The van der Waals surface area contributed by atoms with Gasteiger partial charge in [-0.15, -0.1) is 0 Å². The van der Waals surface area contributed by atoms with Gasteiger partial charge in [0, 0.05) is 11.8 Å². The van der Waals surface area contributed by atoms with Crippen molar-refractivity contribution in [3.8, 4) is 0 Å². The predicted octanol–water partition coefficient (Wildman–Crippen LogP) is 1.82. The second kappa shape index (κ2) is 3.75. The molecule has 0 aliphatic carbocycles. The van der Waals surface area contributed by atoms with Gasteiger partial charge in [-0.3, -0.25) is 0 Å². The van der Waals surface area contributed by atoms with Crippen molar-refractivity contribution in [3.05, 3.63) is 0 Å². The van der Waals surface area contributed by atoms with Gasteiger partial charge in [-0.2, -0.15) is 0 Å². The zero-order valence-corrected chi connectivity index (χ0v) is 8.45. The van der Waals surface area contributed by atoms with Crippen LogP contribution >= 0.6 is 0 Å². The molecule has 1 saturated heterocycles. The van der Waals surface area contributed by atoms with E-state index in [4.69, 9.17) is 4.74 Å². The molecule has 1 N–H and O–H groups in total. The van der Waals surface area contributed by atoms with E-state index in [1.807, 2.05) is 6.92 Å². The van der Waals surface area contributed by atoms with Gasteiger partial charge in [-0.25, -0.2) is 0 Å². The summed E-state index contributed by atoms with van der Waals surface area (Å²) in [5.74, 6) is 0.545. The summed E-state index contributed by atoms with van der Waals surface area (Å²) >= 11 is 0. The van der Waals surface area contributed by atoms with Gasteiger partial charge in [0.2, 0.25) is 0 Å². The maximum Gasteiger partial charge on any atom is 0.0640 e. The molecule has 72 valence electrons. The molecule has 0 radical (unpaired) electrons. The molecule has 2 heteroatoms. The fourth-order valence-corrected chi connectivity index (χ4v) is 1.97. The quantitative estimate of drug-likeness (QED) is 0.653. The molecule has 0 aromatic carbocycles. The lowest BCUT2D eigenvalue weighted by Gasteiger charge is -2.41. The van der Waals surface area contributed by atoms with E-state index in [0.29, 0.717) is 0 Å². The average molecular weight is 172 g/mol. The van der Waals surface area contributed by atoms with Crippen LogP contribution in [-0.4, -0.2) is 23.4 Å². The van der Waals surface area contributed by atoms with Crippen LogP contribution in [0.3, 0.4) is 0 Å². The van der Waals surface area contributed by atoms with Crippen LogP contribution in [0, 0.1) is 11.8 Å². The van der Waals surface area contributed by atoms with E-state index in [1.165, 1.54) is 0 Å². The first-order valence-corrected chi connectivity index (χ1v) is 4.91. The molecule has 1 aliphatic rings. The average Bonchev–Trinajstić information content (AvgIpc) is 2.08. The third-order valence-corrected chi connectivity index (χ3v) is 3.20. The highest BCUT2D eigenvalue weighted by molar-refractivity contribution is 4.85. The summed E-state index contributed by atoms with van der Waals surface area (Å²) in [5, 5.41) is 9.84. The van der Waals surface area contributed by atoms with Crippen LogP contribution in [0.4, 0.5) is 0 Å². The van der Waals surface area contributed by atoms with Gasteiger partial charge in [0.05, 0.1) is 18.3 Å². The lowest BCUT2D eigenvalue weighted by Crippen LogP contribution is -2.47. The first kappa shape index (κ1) is 10.0. The highest BCUT2D eigenvalue weighted by atomic mass is 16.5. The van der Waals surface area contributed by atoms with E-state index in [2.05, 4.69) is 20.8 Å². The van der Waals surface area contributed by atoms with Crippen LogP contribution in [0.15, 0.2) is 0 Å². The molecule has 12 heavy (non-hydrogen) atoms. The van der Waals surface area contributed by atoms with Crippen LogP contribution in [-0.2, 0) is 4.74 Å². The van der Waals surface area contributed by atoms with Crippen LogP contribution < -0.4 is 0 Å². The molecule has 5 atom stereocenters. The Hall–Kier alpha value is -0.0800. The maximum absolute atomic E-state index is 9.84. The molecule has 0 amide bonds. The van der Waals surface area contributed by atoms with Crippen LogP contribution in [0.2, 0.25) is 0 Å². The predicted molar refractivity (Wildman–Crippen MR) is 49.0 cm³/mol. The molecule has 0 bridgehead atoms. The Labute approximate surface area is 74.9 Å². The van der Waals surface area contributed by atoms with Gasteiger partial charge in [-0.05, 0) is 13.3 Å². The van der Waals surface area contributed by atoms with Crippen molar-refractivity contribution >= 4 is 0 Å². The molecule has 0 aromatic heterocycles. The van der Waals surface area contributed by atoms with Gasteiger partial charge in [0.1, 0.15) is 0 Å². The molecule has 1 heterocycles. The van der Waals surface area contributed by atoms with Crippen molar-refractivity contribution in [3.63, 3.8) is 0 Å². The normalized spacial score (nSPS) is 49.2. The Morgan fingerprint density at radius 3 is 2.25 bits per heavy atom. The molecule has 0 aromatic rings. The summed E-state index contributed by atoms with van der Waals surface area (Å²) in [6.45, 7) is 8.28.